The predicted octanol–water partition coefficient (Wildman–Crippen LogP) is 5.05. The van der Waals surface area contributed by atoms with E-state index in [9.17, 15) is 0 Å². The molecule has 0 aliphatic heterocycles. The van der Waals surface area contributed by atoms with E-state index < -0.39 is 0 Å². The van der Waals surface area contributed by atoms with Crippen LogP contribution in [0, 0.1) is 0 Å². The normalized spacial score (nSPS) is 16.9. The van der Waals surface area contributed by atoms with Crippen molar-refractivity contribution in [3.05, 3.63) is 71.8 Å². The van der Waals surface area contributed by atoms with Crippen LogP contribution in [0.2, 0.25) is 0 Å². The van der Waals surface area contributed by atoms with Crippen molar-refractivity contribution >= 4 is 5.71 Å². The van der Waals surface area contributed by atoms with Gasteiger partial charge in [-0.3, -0.25) is 4.99 Å². The van der Waals surface area contributed by atoms with Gasteiger partial charge < -0.3 is 0 Å². The quantitative estimate of drug-likeness (QED) is 0.693. The van der Waals surface area contributed by atoms with E-state index in [4.69, 9.17) is 4.99 Å². The Kier molecular flexibility index (Phi) is 4.83. The highest BCUT2D eigenvalue weighted by Gasteiger charge is 2.14. The third kappa shape index (κ3) is 4.04. The molecule has 0 atom stereocenters. The molecular weight excluding hydrogens is 254 g/mol. The summed E-state index contributed by atoms with van der Waals surface area (Å²) >= 11 is 0. The first-order valence-electron chi connectivity index (χ1n) is 8.08. The van der Waals surface area contributed by atoms with Crippen LogP contribution < -0.4 is 0 Å². The number of aliphatic imine (C=N–C) groups is 1. The Bertz CT molecular complexity index is 565. The first-order chi connectivity index (χ1) is 10.4. The van der Waals surface area contributed by atoms with Crippen LogP contribution in [0.5, 0.6) is 0 Å². The van der Waals surface area contributed by atoms with E-state index in [-0.39, 0.29) is 0 Å². The van der Waals surface area contributed by atoms with Gasteiger partial charge in [0.25, 0.3) is 0 Å². The molecular formula is C20H23N. The van der Waals surface area contributed by atoms with Gasteiger partial charge in [0.1, 0.15) is 0 Å². The van der Waals surface area contributed by atoms with Gasteiger partial charge >= 0.3 is 0 Å². The second kappa shape index (κ2) is 7.21. The van der Waals surface area contributed by atoms with Crippen LogP contribution in [0.4, 0.5) is 0 Å². The summed E-state index contributed by atoms with van der Waals surface area (Å²) in [7, 11) is 0. The third-order valence-corrected chi connectivity index (χ3v) is 4.23. The minimum atomic E-state index is 0.526. The van der Waals surface area contributed by atoms with E-state index in [2.05, 4.69) is 60.7 Å². The Morgan fingerprint density at radius 3 is 2.10 bits per heavy atom. The molecule has 0 radical (unpaired) electrons. The summed E-state index contributed by atoms with van der Waals surface area (Å²) in [6.07, 6.45) is 7.49. The molecule has 1 saturated carbocycles. The molecule has 0 saturated heterocycles. The smallest absolute Gasteiger partial charge is 0.0503 e. The minimum absolute atomic E-state index is 0.526. The number of nitrogens with zero attached hydrogens (tertiary/aromatic N) is 1. The van der Waals surface area contributed by atoms with Crippen LogP contribution in [-0.2, 0) is 6.42 Å². The van der Waals surface area contributed by atoms with Gasteiger partial charge in [0.05, 0.1) is 6.04 Å². The molecule has 0 spiro atoms. The summed E-state index contributed by atoms with van der Waals surface area (Å²) in [5.41, 5.74) is 3.86. The lowest BCUT2D eigenvalue weighted by Gasteiger charge is -2.19. The van der Waals surface area contributed by atoms with Gasteiger partial charge in [0.2, 0.25) is 0 Å². The number of hydrogen-bond acceptors (Lipinski definition) is 1. The monoisotopic (exact) mass is 277 g/mol. The molecule has 0 amide bonds. The standard InChI is InChI=1S/C20H23N/c1-4-10-17(11-5-1)16-20(18-12-6-2-7-13-18)21-19-14-8-3-9-15-19/h1-2,4-7,10-13,19H,3,8-9,14-16H2. The van der Waals surface area contributed by atoms with Crippen molar-refractivity contribution in [3.8, 4) is 0 Å². The third-order valence-electron chi connectivity index (χ3n) is 4.23. The topological polar surface area (TPSA) is 12.4 Å². The molecule has 21 heavy (non-hydrogen) atoms. The van der Waals surface area contributed by atoms with Gasteiger partial charge in [-0.1, -0.05) is 79.9 Å². The van der Waals surface area contributed by atoms with Crippen molar-refractivity contribution in [2.45, 2.75) is 44.6 Å². The van der Waals surface area contributed by atoms with Crippen molar-refractivity contribution in [1.29, 1.82) is 0 Å². The average molecular weight is 277 g/mol. The zero-order valence-electron chi connectivity index (χ0n) is 12.5. The van der Waals surface area contributed by atoms with Crippen molar-refractivity contribution in [2.75, 3.05) is 0 Å². The highest BCUT2D eigenvalue weighted by Crippen LogP contribution is 2.22. The van der Waals surface area contributed by atoms with E-state index in [0.717, 1.165) is 6.42 Å². The van der Waals surface area contributed by atoms with Gasteiger partial charge in [0.15, 0.2) is 0 Å². The molecule has 1 heteroatoms. The number of hydrogen-bond donors (Lipinski definition) is 0. The number of rotatable bonds is 4. The summed E-state index contributed by atoms with van der Waals surface area (Å²) in [4.78, 5) is 5.12. The van der Waals surface area contributed by atoms with Crippen LogP contribution in [-0.4, -0.2) is 11.8 Å². The number of benzene rings is 2. The molecule has 2 aromatic carbocycles. The Balaban J connectivity index is 1.85. The SMILES string of the molecule is c1ccc(CC(=NC2CCCCC2)c2ccccc2)cc1. The Hall–Kier alpha value is -1.89. The van der Waals surface area contributed by atoms with Gasteiger partial charge in [-0.15, -0.1) is 0 Å². The van der Waals surface area contributed by atoms with Crippen molar-refractivity contribution in [1.82, 2.24) is 0 Å². The van der Waals surface area contributed by atoms with E-state index in [1.807, 2.05) is 0 Å². The maximum Gasteiger partial charge on any atom is 0.0503 e. The molecule has 1 aliphatic carbocycles. The minimum Gasteiger partial charge on any atom is -0.285 e. The Labute approximate surface area is 127 Å². The second-order valence-electron chi connectivity index (χ2n) is 5.90. The molecule has 1 fully saturated rings. The molecule has 0 aromatic heterocycles. The Morgan fingerprint density at radius 1 is 0.810 bits per heavy atom. The highest BCUT2D eigenvalue weighted by molar-refractivity contribution is 6.02. The molecule has 1 nitrogen and oxygen atoms in total. The molecule has 1 aliphatic rings. The van der Waals surface area contributed by atoms with Crippen molar-refractivity contribution < 1.29 is 0 Å². The predicted molar refractivity (Wildman–Crippen MR) is 90.0 cm³/mol. The maximum absolute atomic E-state index is 5.12. The first-order valence-corrected chi connectivity index (χ1v) is 8.08. The lowest BCUT2D eigenvalue weighted by Crippen LogP contribution is -2.15. The van der Waals surface area contributed by atoms with Crippen LogP contribution in [0.15, 0.2) is 65.7 Å². The van der Waals surface area contributed by atoms with E-state index >= 15 is 0 Å². The molecule has 0 N–H and O–H groups in total. The van der Waals surface area contributed by atoms with Crippen LogP contribution in [0.1, 0.15) is 43.2 Å². The van der Waals surface area contributed by atoms with Crippen LogP contribution >= 0.6 is 0 Å². The van der Waals surface area contributed by atoms with Gasteiger partial charge in [-0.25, -0.2) is 0 Å². The summed E-state index contributed by atoms with van der Waals surface area (Å²) in [6, 6.07) is 21.9. The summed E-state index contributed by atoms with van der Waals surface area (Å²) in [6.45, 7) is 0. The lowest BCUT2D eigenvalue weighted by molar-refractivity contribution is 0.443. The fraction of sp³-hybridized carbons (Fsp3) is 0.350. The highest BCUT2D eigenvalue weighted by atomic mass is 14.8. The summed E-state index contributed by atoms with van der Waals surface area (Å²) in [5.74, 6) is 0. The van der Waals surface area contributed by atoms with E-state index in [1.165, 1.54) is 48.9 Å². The van der Waals surface area contributed by atoms with Crippen molar-refractivity contribution in [3.63, 3.8) is 0 Å². The molecule has 0 unspecified atom stereocenters. The zero-order valence-corrected chi connectivity index (χ0v) is 12.5. The fourth-order valence-electron chi connectivity index (χ4n) is 3.07. The first kappa shape index (κ1) is 14.1. The maximum atomic E-state index is 5.12. The van der Waals surface area contributed by atoms with Gasteiger partial charge in [-0.05, 0) is 24.0 Å². The summed E-state index contributed by atoms with van der Waals surface area (Å²) < 4.78 is 0. The Morgan fingerprint density at radius 2 is 1.43 bits per heavy atom. The molecule has 2 aromatic rings. The van der Waals surface area contributed by atoms with E-state index in [1.54, 1.807) is 0 Å². The second-order valence-corrected chi connectivity index (χ2v) is 5.90. The van der Waals surface area contributed by atoms with Crippen molar-refractivity contribution in [2.24, 2.45) is 4.99 Å². The molecule has 0 bridgehead atoms. The molecule has 0 heterocycles. The van der Waals surface area contributed by atoms with Gasteiger partial charge in [0, 0.05) is 12.1 Å². The van der Waals surface area contributed by atoms with Crippen LogP contribution in [0.3, 0.4) is 0 Å². The fourth-order valence-corrected chi connectivity index (χ4v) is 3.07. The molecule has 3 rings (SSSR count). The van der Waals surface area contributed by atoms with E-state index in [0.29, 0.717) is 6.04 Å². The van der Waals surface area contributed by atoms with Crippen LogP contribution in [0.25, 0.3) is 0 Å². The average Bonchev–Trinajstić information content (AvgIpc) is 2.57. The lowest BCUT2D eigenvalue weighted by atomic mass is 9.95. The summed E-state index contributed by atoms with van der Waals surface area (Å²) in [5, 5.41) is 0. The largest absolute Gasteiger partial charge is 0.285 e. The zero-order chi connectivity index (χ0) is 14.3. The molecule has 108 valence electrons. The van der Waals surface area contributed by atoms with Gasteiger partial charge in [-0.2, -0.15) is 0 Å².